The largest absolute Gasteiger partial charge is 0.494 e. The third-order valence-electron chi connectivity index (χ3n) is 5.13. The van der Waals surface area contributed by atoms with Gasteiger partial charge in [0.25, 0.3) is 0 Å². The van der Waals surface area contributed by atoms with E-state index >= 15 is 0 Å². The average Bonchev–Trinajstić information content (AvgIpc) is 3.22. The summed E-state index contributed by atoms with van der Waals surface area (Å²) in [4.78, 5) is 14.4. The number of rotatable bonds is 5. The van der Waals surface area contributed by atoms with E-state index < -0.39 is 0 Å². The summed E-state index contributed by atoms with van der Waals surface area (Å²) in [6.07, 6.45) is 3.14. The molecule has 0 saturated carbocycles. The molecular formula is C19H28N2O3. The van der Waals surface area contributed by atoms with E-state index in [1.807, 2.05) is 23.1 Å². The molecule has 1 atom stereocenters. The third kappa shape index (κ3) is 3.83. The van der Waals surface area contributed by atoms with E-state index in [1.165, 1.54) is 0 Å². The molecule has 0 radical (unpaired) electrons. The predicted molar refractivity (Wildman–Crippen MR) is 93.3 cm³/mol. The topological polar surface area (TPSA) is 50.8 Å². The van der Waals surface area contributed by atoms with Crippen LogP contribution in [0, 0.1) is 12.3 Å². The Morgan fingerprint density at radius 2 is 2.29 bits per heavy atom. The molecule has 132 valence electrons. The Kier molecular flexibility index (Phi) is 5.29. The van der Waals surface area contributed by atoms with Gasteiger partial charge in [-0.25, -0.2) is 4.79 Å². The molecule has 5 heteroatoms. The first-order valence-electron chi connectivity index (χ1n) is 8.95. The van der Waals surface area contributed by atoms with E-state index in [9.17, 15) is 4.79 Å². The van der Waals surface area contributed by atoms with Crippen LogP contribution in [-0.2, 0) is 11.3 Å². The Morgan fingerprint density at radius 1 is 1.42 bits per heavy atom. The zero-order valence-electron chi connectivity index (χ0n) is 14.8. The molecule has 1 N–H and O–H groups in total. The van der Waals surface area contributed by atoms with E-state index in [0.29, 0.717) is 6.54 Å². The molecule has 2 aliphatic rings. The first-order valence-corrected chi connectivity index (χ1v) is 8.95. The first kappa shape index (κ1) is 17.1. The van der Waals surface area contributed by atoms with Crippen molar-refractivity contribution in [1.82, 2.24) is 10.2 Å². The number of hydrogen-bond acceptors (Lipinski definition) is 3. The lowest BCUT2D eigenvalue weighted by Gasteiger charge is -2.22. The van der Waals surface area contributed by atoms with Gasteiger partial charge >= 0.3 is 6.03 Å². The molecule has 0 unspecified atom stereocenters. The van der Waals surface area contributed by atoms with Gasteiger partial charge in [-0.3, -0.25) is 0 Å². The van der Waals surface area contributed by atoms with Crippen molar-refractivity contribution in [2.75, 3.05) is 32.9 Å². The molecule has 3 rings (SSSR count). The molecule has 2 saturated heterocycles. The highest BCUT2D eigenvalue weighted by Crippen LogP contribution is 2.38. The van der Waals surface area contributed by atoms with Gasteiger partial charge in [0.15, 0.2) is 0 Å². The molecule has 5 nitrogen and oxygen atoms in total. The van der Waals surface area contributed by atoms with Crippen molar-refractivity contribution < 1.29 is 14.3 Å². The summed E-state index contributed by atoms with van der Waals surface area (Å²) in [6, 6.07) is 6.09. The fourth-order valence-electron chi connectivity index (χ4n) is 3.54. The molecule has 24 heavy (non-hydrogen) atoms. The van der Waals surface area contributed by atoms with E-state index in [4.69, 9.17) is 9.47 Å². The van der Waals surface area contributed by atoms with Crippen molar-refractivity contribution in [2.45, 2.75) is 39.7 Å². The van der Waals surface area contributed by atoms with Crippen molar-refractivity contribution >= 4 is 6.03 Å². The molecule has 1 aromatic rings. The lowest BCUT2D eigenvalue weighted by Crippen LogP contribution is -2.39. The Morgan fingerprint density at radius 3 is 3.00 bits per heavy atom. The van der Waals surface area contributed by atoms with Crippen LogP contribution in [0.25, 0.3) is 0 Å². The maximum absolute atomic E-state index is 12.4. The number of carbonyl (C=O) groups is 1. The van der Waals surface area contributed by atoms with Crippen LogP contribution in [0.3, 0.4) is 0 Å². The molecule has 2 aliphatic heterocycles. The van der Waals surface area contributed by atoms with Gasteiger partial charge in [0.05, 0.1) is 13.2 Å². The van der Waals surface area contributed by atoms with Gasteiger partial charge in [-0.1, -0.05) is 13.0 Å². The first-order chi connectivity index (χ1) is 11.6. The van der Waals surface area contributed by atoms with Crippen LogP contribution in [-0.4, -0.2) is 43.8 Å². The summed E-state index contributed by atoms with van der Waals surface area (Å²) in [7, 11) is 0. The van der Waals surface area contributed by atoms with Crippen LogP contribution < -0.4 is 10.1 Å². The highest BCUT2D eigenvalue weighted by atomic mass is 16.5. The van der Waals surface area contributed by atoms with Crippen LogP contribution in [0.2, 0.25) is 0 Å². The number of ether oxygens (including phenoxy) is 2. The van der Waals surface area contributed by atoms with Crippen molar-refractivity contribution in [2.24, 2.45) is 5.41 Å². The monoisotopic (exact) mass is 332 g/mol. The second-order valence-electron chi connectivity index (χ2n) is 7.07. The SMILES string of the molecule is CCCOc1ccc(CNC(=O)N2CC[C@@]3(CCOC3)C2)c(C)c1. The van der Waals surface area contributed by atoms with Gasteiger partial charge in [0, 0.05) is 31.7 Å². The number of urea groups is 1. The Hall–Kier alpha value is -1.75. The summed E-state index contributed by atoms with van der Waals surface area (Å²) in [5.74, 6) is 0.896. The van der Waals surface area contributed by atoms with E-state index in [-0.39, 0.29) is 11.4 Å². The summed E-state index contributed by atoms with van der Waals surface area (Å²) in [5, 5.41) is 3.06. The average molecular weight is 332 g/mol. The van der Waals surface area contributed by atoms with Gasteiger partial charge in [-0.2, -0.15) is 0 Å². The summed E-state index contributed by atoms with van der Waals surface area (Å²) >= 11 is 0. The number of likely N-dealkylation sites (tertiary alicyclic amines) is 1. The maximum atomic E-state index is 12.4. The number of hydrogen-bond donors (Lipinski definition) is 1. The third-order valence-corrected chi connectivity index (χ3v) is 5.13. The molecular weight excluding hydrogens is 304 g/mol. The summed E-state index contributed by atoms with van der Waals surface area (Å²) in [6.45, 7) is 8.72. The van der Waals surface area contributed by atoms with Crippen molar-refractivity contribution in [1.29, 1.82) is 0 Å². The standard InChI is InChI=1S/C19H28N2O3/c1-3-9-24-17-5-4-16(15(2)11-17)12-20-18(22)21-8-6-19(13-21)7-10-23-14-19/h4-5,11H,3,6-10,12-14H2,1-2H3,(H,20,22)/t19-/m1/s1. The van der Waals surface area contributed by atoms with Crippen LogP contribution in [0.1, 0.15) is 37.3 Å². The minimum Gasteiger partial charge on any atom is -0.494 e. The van der Waals surface area contributed by atoms with Gasteiger partial charge in [-0.05, 0) is 49.4 Å². The smallest absolute Gasteiger partial charge is 0.317 e. The predicted octanol–water partition coefficient (Wildman–Crippen LogP) is 3.11. The van der Waals surface area contributed by atoms with Crippen LogP contribution >= 0.6 is 0 Å². The number of benzene rings is 1. The second-order valence-corrected chi connectivity index (χ2v) is 7.07. The molecule has 2 amide bonds. The van der Waals surface area contributed by atoms with E-state index in [1.54, 1.807) is 0 Å². The fraction of sp³-hybridized carbons (Fsp3) is 0.632. The quantitative estimate of drug-likeness (QED) is 0.901. The van der Waals surface area contributed by atoms with Crippen LogP contribution in [0.5, 0.6) is 5.75 Å². The summed E-state index contributed by atoms with van der Waals surface area (Å²) < 4.78 is 11.2. The molecule has 0 bridgehead atoms. The number of aryl methyl sites for hydroxylation is 1. The second kappa shape index (κ2) is 7.43. The molecule has 2 fully saturated rings. The van der Waals surface area contributed by atoms with Gasteiger partial charge in [0.2, 0.25) is 0 Å². The maximum Gasteiger partial charge on any atom is 0.317 e. The summed E-state index contributed by atoms with van der Waals surface area (Å²) in [5.41, 5.74) is 2.49. The van der Waals surface area contributed by atoms with Crippen LogP contribution in [0.4, 0.5) is 4.79 Å². The number of carbonyl (C=O) groups excluding carboxylic acids is 1. The Bertz CT molecular complexity index is 582. The van der Waals surface area contributed by atoms with Crippen LogP contribution in [0.15, 0.2) is 18.2 Å². The molecule has 1 spiro atoms. The molecule has 0 aromatic heterocycles. The van der Waals surface area contributed by atoms with Crippen molar-refractivity contribution in [3.8, 4) is 5.75 Å². The molecule has 1 aromatic carbocycles. The number of nitrogens with one attached hydrogen (secondary N) is 1. The van der Waals surface area contributed by atoms with Crippen molar-refractivity contribution in [3.63, 3.8) is 0 Å². The number of amides is 2. The van der Waals surface area contributed by atoms with E-state index in [2.05, 4.69) is 19.2 Å². The van der Waals surface area contributed by atoms with Gasteiger partial charge in [-0.15, -0.1) is 0 Å². The highest BCUT2D eigenvalue weighted by molar-refractivity contribution is 5.74. The number of nitrogens with zero attached hydrogens (tertiary/aromatic N) is 1. The Balaban J connectivity index is 1.51. The van der Waals surface area contributed by atoms with E-state index in [0.717, 1.165) is 69.0 Å². The highest BCUT2D eigenvalue weighted by Gasteiger charge is 2.42. The molecule has 0 aliphatic carbocycles. The van der Waals surface area contributed by atoms with Crippen molar-refractivity contribution in [3.05, 3.63) is 29.3 Å². The molecule has 2 heterocycles. The lowest BCUT2D eigenvalue weighted by molar-refractivity contribution is 0.152. The minimum atomic E-state index is 0.0319. The Labute approximate surface area is 144 Å². The fourth-order valence-corrected chi connectivity index (χ4v) is 3.54. The van der Waals surface area contributed by atoms with Gasteiger partial charge < -0.3 is 19.7 Å². The minimum absolute atomic E-state index is 0.0319. The normalized spacial score (nSPS) is 23.0. The zero-order valence-corrected chi connectivity index (χ0v) is 14.8. The van der Waals surface area contributed by atoms with Gasteiger partial charge in [0.1, 0.15) is 5.75 Å². The zero-order chi connectivity index (χ0) is 17.0. The lowest BCUT2D eigenvalue weighted by atomic mass is 9.87.